The third kappa shape index (κ3) is 6.33. The molecule has 2 aliphatic heterocycles. The van der Waals surface area contributed by atoms with Gasteiger partial charge in [0.2, 0.25) is 0 Å². The molecule has 10 heteroatoms. The summed E-state index contributed by atoms with van der Waals surface area (Å²) in [6.45, 7) is 19.6. The van der Waals surface area contributed by atoms with E-state index in [9.17, 15) is 23.9 Å². The van der Waals surface area contributed by atoms with Crippen LogP contribution < -0.4 is 4.74 Å². The molecule has 0 unspecified atom stereocenters. The van der Waals surface area contributed by atoms with Gasteiger partial charge in [0.25, 0.3) is 0 Å². The van der Waals surface area contributed by atoms with Crippen LogP contribution in [0.2, 0.25) is 0 Å². The van der Waals surface area contributed by atoms with Gasteiger partial charge in [0.1, 0.15) is 23.8 Å². The van der Waals surface area contributed by atoms with E-state index < -0.39 is 46.3 Å². The maximum Gasteiger partial charge on any atom is 0.320 e. The average molecular weight is 780 g/mol. The molecule has 2 bridgehead atoms. The summed E-state index contributed by atoms with van der Waals surface area (Å²) >= 11 is 0. The van der Waals surface area contributed by atoms with Crippen molar-refractivity contribution in [1.82, 2.24) is 4.90 Å². The molecule has 0 amide bonds. The molecule has 7 rings (SSSR count). The lowest BCUT2D eigenvalue weighted by Gasteiger charge is -2.71. The first-order valence-electron chi connectivity index (χ1n) is 21.3. The Balaban J connectivity index is 1.13. The van der Waals surface area contributed by atoms with Crippen LogP contribution in [-0.2, 0) is 28.6 Å². The van der Waals surface area contributed by atoms with Gasteiger partial charge in [0.05, 0.1) is 32.8 Å². The molecule has 2 heterocycles. The maximum atomic E-state index is 13.9. The maximum absolute atomic E-state index is 13.9. The Morgan fingerprint density at radius 3 is 2.34 bits per heavy atom. The Bertz CT molecular complexity index is 1740. The first-order chi connectivity index (χ1) is 26.3. The van der Waals surface area contributed by atoms with Gasteiger partial charge in [-0.3, -0.25) is 19.3 Å². The number of hydrogen-bond acceptors (Lipinski definition) is 8. The van der Waals surface area contributed by atoms with Crippen LogP contribution in [-0.4, -0.2) is 80.1 Å². The van der Waals surface area contributed by atoms with E-state index in [1.165, 1.54) is 24.6 Å². The highest BCUT2D eigenvalue weighted by molar-refractivity contribution is 5.73. The lowest BCUT2D eigenvalue weighted by atomic mass is 9.34. The van der Waals surface area contributed by atoms with E-state index in [-0.39, 0.29) is 52.8 Å². The van der Waals surface area contributed by atoms with Gasteiger partial charge in [-0.1, -0.05) is 66.2 Å². The largest absolute Gasteiger partial charge is 0.496 e. The fraction of sp³-hybridized carbons (Fsp3) is 0.761. The van der Waals surface area contributed by atoms with E-state index in [4.69, 9.17) is 18.9 Å². The van der Waals surface area contributed by atoms with Crippen molar-refractivity contribution in [2.24, 2.45) is 56.7 Å². The molecule has 9 nitrogen and oxygen atoms in total. The highest BCUT2D eigenvalue weighted by Gasteiger charge is 2.72. The Morgan fingerprint density at radius 2 is 1.70 bits per heavy atom. The number of methoxy groups -OCH3 is 1. The molecule has 2 saturated heterocycles. The van der Waals surface area contributed by atoms with Crippen LogP contribution in [0.1, 0.15) is 118 Å². The van der Waals surface area contributed by atoms with Crippen LogP contribution in [0.5, 0.6) is 5.75 Å². The monoisotopic (exact) mass is 779 g/mol. The zero-order chi connectivity index (χ0) is 40.6. The Kier molecular flexibility index (Phi) is 10.8. The van der Waals surface area contributed by atoms with Crippen LogP contribution in [0.25, 0.3) is 0 Å². The number of piperidine rings is 1. The number of carbonyl (C=O) groups excluding carboxylic acids is 2. The lowest BCUT2D eigenvalue weighted by molar-refractivity contribution is -0.263. The Hall–Kier alpha value is -2.98. The molecule has 1 aromatic rings. The molecule has 0 spiro atoms. The lowest BCUT2D eigenvalue weighted by Crippen LogP contribution is -2.70. The molecular formula is C46H66FNO8. The third-order valence-electron chi connectivity index (χ3n) is 17.2. The van der Waals surface area contributed by atoms with Gasteiger partial charge in [0, 0.05) is 23.8 Å². The van der Waals surface area contributed by atoms with E-state index in [1.54, 1.807) is 13.2 Å². The third-order valence-corrected chi connectivity index (χ3v) is 17.2. The first-order valence-corrected chi connectivity index (χ1v) is 21.3. The number of ether oxygens (including phenoxy) is 4. The van der Waals surface area contributed by atoms with Crippen molar-refractivity contribution in [2.75, 3.05) is 40.0 Å². The second kappa shape index (κ2) is 14.7. The van der Waals surface area contributed by atoms with Crippen LogP contribution in [0.3, 0.4) is 0 Å². The average Bonchev–Trinajstić information content (AvgIpc) is 3.13. The van der Waals surface area contributed by atoms with Gasteiger partial charge in [-0.15, -0.1) is 0 Å². The molecular weight excluding hydrogens is 714 g/mol. The summed E-state index contributed by atoms with van der Waals surface area (Å²) in [4.78, 5) is 42.2. The Morgan fingerprint density at radius 1 is 0.982 bits per heavy atom. The van der Waals surface area contributed by atoms with Crippen molar-refractivity contribution in [3.63, 3.8) is 0 Å². The van der Waals surface area contributed by atoms with Gasteiger partial charge in [-0.25, -0.2) is 4.39 Å². The standard InChI is InChI=1S/C46H66FNO8/c1-27(2)28(3)42(5)18-19-44(7)33-12-13-37-43(6)25-54-26-46(37,34(33)14-17-45(44,8)39(42)41(51)52)23-36(55-29(4)49)40(43)56-38(50)24-48-20-15-30(16-21-48)32-11-10-31(47)22-35(32)53-9/h10-11,14,22,27-28,30,33,36-37,39-40H,12-13,15-21,23-26H2,1-9H3,(H,51,52)/t28-,33+,36-,37+,39-,40+,42-,43-,44-,45+,46-/m1/s1. The molecule has 11 atom stereocenters. The number of fused-ring (bicyclic) bond motifs is 3. The number of aliphatic carboxylic acids is 1. The quantitative estimate of drug-likeness (QED) is 0.195. The zero-order valence-electron chi connectivity index (χ0n) is 35.3. The second-order valence-electron chi connectivity index (χ2n) is 20.0. The highest BCUT2D eigenvalue weighted by Crippen LogP contribution is 2.75. The van der Waals surface area contributed by atoms with Crippen molar-refractivity contribution in [1.29, 1.82) is 0 Å². The predicted octanol–water partition coefficient (Wildman–Crippen LogP) is 8.45. The minimum Gasteiger partial charge on any atom is -0.496 e. The predicted molar refractivity (Wildman–Crippen MR) is 210 cm³/mol. The minimum atomic E-state index is -0.680. The minimum absolute atomic E-state index is 0.132. The van der Waals surface area contributed by atoms with E-state index >= 15 is 0 Å². The fourth-order valence-corrected chi connectivity index (χ4v) is 13.9. The number of carbonyl (C=O) groups is 3. The topological polar surface area (TPSA) is 112 Å². The number of carboxylic acids is 1. The van der Waals surface area contributed by atoms with Gasteiger partial charge >= 0.3 is 17.9 Å². The van der Waals surface area contributed by atoms with Crippen LogP contribution in [0, 0.1) is 62.5 Å². The number of halogens is 1. The normalized spacial score (nSPS) is 40.3. The molecule has 56 heavy (non-hydrogen) atoms. The molecule has 0 aromatic heterocycles. The summed E-state index contributed by atoms with van der Waals surface area (Å²) in [5.41, 5.74) is 0.349. The summed E-state index contributed by atoms with van der Waals surface area (Å²) in [6, 6.07) is 4.70. The molecule has 1 N–H and O–H groups in total. The number of nitrogens with zero attached hydrogens (tertiary/aromatic N) is 1. The van der Waals surface area contributed by atoms with Gasteiger partial charge < -0.3 is 24.1 Å². The van der Waals surface area contributed by atoms with Crippen molar-refractivity contribution in [3.05, 3.63) is 41.2 Å². The van der Waals surface area contributed by atoms with E-state index in [1.807, 2.05) is 0 Å². The number of hydrogen-bond donors (Lipinski definition) is 1. The number of allylic oxidation sites excluding steroid dienone is 1. The van der Waals surface area contributed by atoms with E-state index in [0.29, 0.717) is 50.8 Å². The molecule has 310 valence electrons. The van der Waals surface area contributed by atoms with Crippen LogP contribution in [0.15, 0.2) is 29.8 Å². The van der Waals surface area contributed by atoms with Crippen molar-refractivity contribution in [3.8, 4) is 5.75 Å². The SMILES string of the molecule is COc1cc(F)ccc1C1CCN(CC(=O)O[C@H]2[C@H](OC(C)=O)C[C@]34COC[C@]2(C)[C@@H]3CC[C@H]2C4=CC[C@@]3(C)[C@H](C(=O)O)[C@@](C)([C@H](C)C(C)C)CC[C@]23C)CC1. The fourth-order valence-electron chi connectivity index (χ4n) is 13.9. The first kappa shape index (κ1) is 41.2. The highest BCUT2D eigenvalue weighted by atomic mass is 19.1. The zero-order valence-corrected chi connectivity index (χ0v) is 35.3. The summed E-state index contributed by atoms with van der Waals surface area (Å²) in [5, 5.41) is 11.0. The van der Waals surface area contributed by atoms with Crippen LogP contribution >= 0.6 is 0 Å². The molecule has 4 aliphatic carbocycles. The van der Waals surface area contributed by atoms with Crippen molar-refractivity contribution in [2.45, 2.75) is 125 Å². The molecule has 5 fully saturated rings. The molecule has 0 radical (unpaired) electrons. The van der Waals surface area contributed by atoms with Crippen molar-refractivity contribution >= 4 is 17.9 Å². The number of rotatable bonds is 9. The summed E-state index contributed by atoms with van der Waals surface area (Å²) in [6.07, 6.45) is 7.58. The Labute approximate surface area is 333 Å². The smallest absolute Gasteiger partial charge is 0.320 e. The van der Waals surface area contributed by atoms with Gasteiger partial charge in [-0.2, -0.15) is 0 Å². The summed E-state index contributed by atoms with van der Waals surface area (Å²) in [5.74, 6) is -0.489. The molecule has 1 aromatic carbocycles. The number of carboxylic acid groups (broad SMARTS) is 1. The van der Waals surface area contributed by atoms with E-state index in [2.05, 4.69) is 59.4 Å². The second-order valence-corrected chi connectivity index (χ2v) is 20.0. The number of esters is 2. The molecule has 3 saturated carbocycles. The van der Waals surface area contributed by atoms with Gasteiger partial charge in [0.15, 0.2) is 0 Å². The van der Waals surface area contributed by atoms with Crippen molar-refractivity contribution < 1.29 is 42.8 Å². The van der Waals surface area contributed by atoms with E-state index in [0.717, 1.165) is 44.1 Å². The number of benzene rings is 1. The summed E-state index contributed by atoms with van der Waals surface area (Å²) < 4.78 is 38.6. The van der Waals surface area contributed by atoms with Crippen LogP contribution in [0.4, 0.5) is 4.39 Å². The molecule has 6 aliphatic rings. The summed E-state index contributed by atoms with van der Waals surface area (Å²) in [7, 11) is 1.56. The number of likely N-dealkylation sites (tertiary alicyclic amines) is 1. The van der Waals surface area contributed by atoms with Gasteiger partial charge in [-0.05, 0) is 122 Å².